The Bertz CT molecular complexity index is 1290. The molecule has 0 heterocycles. The SMILES string of the molecule is Cc1ccc(C(=O)Oc2ccc(/C=N/NC(=O)COc3cccc4ccccc34)cc2)cc1. The van der Waals surface area contributed by atoms with Crippen molar-refractivity contribution in [2.75, 3.05) is 6.61 Å². The molecule has 0 aliphatic rings. The first-order valence-corrected chi connectivity index (χ1v) is 10.4. The third-order valence-corrected chi connectivity index (χ3v) is 4.89. The topological polar surface area (TPSA) is 77.0 Å². The smallest absolute Gasteiger partial charge is 0.343 e. The van der Waals surface area contributed by atoms with Gasteiger partial charge in [0.2, 0.25) is 0 Å². The number of hydrogen-bond donors (Lipinski definition) is 1. The van der Waals surface area contributed by atoms with E-state index in [-0.39, 0.29) is 12.5 Å². The van der Waals surface area contributed by atoms with Gasteiger partial charge in [-0.15, -0.1) is 0 Å². The van der Waals surface area contributed by atoms with Gasteiger partial charge < -0.3 is 9.47 Å². The molecular weight excluding hydrogens is 416 g/mol. The molecule has 164 valence electrons. The van der Waals surface area contributed by atoms with E-state index in [1.165, 1.54) is 6.21 Å². The number of benzene rings is 4. The van der Waals surface area contributed by atoms with Crippen LogP contribution in [0.1, 0.15) is 21.5 Å². The van der Waals surface area contributed by atoms with Gasteiger partial charge in [0, 0.05) is 5.39 Å². The lowest BCUT2D eigenvalue weighted by Crippen LogP contribution is -2.24. The first-order chi connectivity index (χ1) is 16.1. The van der Waals surface area contributed by atoms with E-state index in [0.29, 0.717) is 17.1 Å². The number of esters is 1. The summed E-state index contributed by atoms with van der Waals surface area (Å²) in [4.78, 5) is 24.3. The Balaban J connectivity index is 1.27. The Labute approximate surface area is 191 Å². The highest BCUT2D eigenvalue weighted by Gasteiger charge is 2.08. The molecule has 0 saturated carbocycles. The predicted molar refractivity (Wildman–Crippen MR) is 128 cm³/mol. The first-order valence-electron chi connectivity index (χ1n) is 10.4. The average Bonchev–Trinajstić information content (AvgIpc) is 2.84. The number of carbonyl (C=O) groups is 2. The number of rotatable bonds is 7. The molecule has 0 spiro atoms. The third-order valence-electron chi connectivity index (χ3n) is 4.89. The van der Waals surface area contributed by atoms with E-state index in [1.807, 2.05) is 61.5 Å². The maximum Gasteiger partial charge on any atom is 0.343 e. The number of nitrogens with zero attached hydrogens (tertiary/aromatic N) is 1. The van der Waals surface area contributed by atoms with Crippen LogP contribution in [-0.2, 0) is 4.79 Å². The zero-order chi connectivity index (χ0) is 23.0. The van der Waals surface area contributed by atoms with Crippen molar-refractivity contribution >= 4 is 28.9 Å². The molecule has 33 heavy (non-hydrogen) atoms. The standard InChI is InChI=1S/C27H22N2O4/c1-19-9-13-22(14-10-19)27(31)33-23-15-11-20(12-16-23)17-28-29-26(30)18-32-25-8-4-6-21-5-2-3-7-24(21)25/h2-17H,18H2,1H3,(H,29,30)/b28-17+. The molecule has 0 aromatic heterocycles. The number of ether oxygens (including phenoxy) is 2. The first kappa shape index (κ1) is 21.8. The van der Waals surface area contributed by atoms with E-state index < -0.39 is 5.97 Å². The zero-order valence-corrected chi connectivity index (χ0v) is 18.0. The van der Waals surface area contributed by atoms with Gasteiger partial charge in [0.1, 0.15) is 11.5 Å². The normalized spacial score (nSPS) is 10.8. The molecule has 1 amide bonds. The molecule has 0 radical (unpaired) electrons. The molecule has 6 heteroatoms. The van der Waals surface area contributed by atoms with Crippen LogP contribution < -0.4 is 14.9 Å². The van der Waals surface area contributed by atoms with Crippen molar-refractivity contribution in [3.63, 3.8) is 0 Å². The highest BCUT2D eigenvalue weighted by molar-refractivity contribution is 5.91. The molecule has 0 saturated heterocycles. The fourth-order valence-electron chi connectivity index (χ4n) is 3.15. The van der Waals surface area contributed by atoms with Crippen molar-refractivity contribution in [2.24, 2.45) is 5.10 Å². The summed E-state index contributed by atoms with van der Waals surface area (Å²) in [5.41, 5.74) is 4.74. The van der Waals surface area contributed by atoms with Crippen molar-refractivity contribution in [1.82, 2.24) is 5.43 Å². The summed E-state index contributed by atoms with van der Waals surface area (Å²) >= 11 is 0. The van der Waals surface area contributed by atoms with Crippen LogP contribution in [0.2, 0.25) is 0 Å². The van der Waals surface area contributed by atoms with Gasteiger partial charge in [-0.25, -0.2) is 10.2 Å². The van der Waals surface area contributed by atoms with Gasteiger partial charge >= 0.3 is 5.97 Å². The zero-order valence-electron chi connectivity index (χ0n) is 18.0. The van der Waals surface area contributed by atoms with Crippen LogP contribution in [0.15, 0.2) is 96.1 Å². The van der Waals surface area contributed by atoms with Gasteiger partial charge in [0.15, 0.2) is 6.61 Å². The molecule has 0 fully saturated rings. The molecule has 6 nitrogen and oxygen atoms in total. The second-order valence-electron chi connectivity index (χ2n) is 7.38. The molecule has 4 aromatic carbocycles. The van der Waals surface area contributed by atoms with Crippen LogP contribution in [0.5, 0.6) is 11.5 Å². The van der Waals surface area contributed by atoms with Crippen molar-refractivity contribution in [3.8, 4) is 11.5 Å². The molecule has 4 aromatic rings. The van der Waals surface area contributed by atoms with Crippen LogP contribution in [0, 0.1) is 6.92 Å². The molecule has 4 rings (SSSR count). The van der Waals surface area contributed by atoms with Crippen LogP contribution in [0.25, 0.3) is 10.8 Å². The van der Waals surface area contributed by atoms with Crippen LogP contribution >= 0.6 is 0 Å². The molecule has 0 bridgehead atoms. The molecule has 0 atom stereocenters. The predicted octanol–water partition coefficient (Wildman–Crippen LogP) is 4.90. The van der Waals surface area contributed by atoms with Crippen molar-refractivity contribution in [3.05, 3.63) is 108 Å². The van der Waals surface area contributed by atoms with Gasteiger partial charge in [-0.2, -0.15) is 5.10 Å². The number of aryl methyl sites for hydroxylation is 1. The Morgan fingerprint density at radius 2 is 1.61 bits per heavy atom. The van der Waals surface area contributed by atoms with E-state index in [4.69, 9.17) is 9.47 Å². The summed E-state index contributed by atoms with van der Waals surface area (Å²) in [5, 5.41) is 5.94. The molecule has 0 unspecified atom stereocenters. The highest BCUT2D eigenvalue weighted by atomic mass is 16.5. The average molecular weight is 438 g/mol. The molecule has 0 aliphatic carbocycles. The third kappa shape index (κ3) is 5.83. The minimum absolute atomic E-state index is 0.154. The summed E-state index contributed by atoms with van der Waals surface area (Å²) in [5.74, 6) is 0.269. The van der Waals surface area contributed by atoms with Gasteiger partial charge in [-0.1, -0.05) is 54.1 Å². The number of fused-ring (bicyclic) bond motifs is 1. The van der Waals surface area contributed by atoms with Gasteiger partial charge in [-0.3, -0.25) is 4.79 Å². The minimum atomic E-state index is -0.421. The fourth-order valence-corrected chi connectivity index (χ4v) is 3.15. The Morgan fingerprint density at radius 3 is 2.39 bits per heavy atom. The highest BCUT2D eigenvalue weighted by Crippen LogP contribution is 2.24. The molecule has 0 aliphatic heterocycles. The van der Waals surface area contributed by atoms with Gasteiger partial charge in [0.05, 0.1) is 11.8 Å². The monoisotopic (exact) mass is 438 g/mol. The van der Waals surface area contributed by atoms with E-state index in [2.05, 4.69) is 10.5 Å². The summed E-state index contributed by atoms with van der Waals surface area (Å²) < 4.78 is 11.0. The maximum absolute atomic E-state index is 12.2. The number of hydrazone groups is 1. The summed E-state index contributed by atoms with van der Waals surface area (Å²) in [7, 11) is 0. The van der Waals surface area contributed by atoms with Crippen molar-refractivity contribution in [2.45, 2.75) is 6.92 Å². The van der Waals surface area contributed by atoms with E-state index in [1.54, 1.807) is 36.4 Å². The van der Waals surface area contributed by atoms with Crippen LogP contribution in [0.3, 0.4) is 0 Å². The largest absolute Gasteiger partial charge is 0.483 e. The quantitative estimate of drug-likeness (QED) is 0.193. The van der Waals surface area contributed by atoms with E-state index >= 15 is 0 Å². The van der Waals surface area contributed by atoms with E-state index in [0.717, 1.165) is 21.9 Å². The van der Waals surface area contributed by atoms with Gasteiger partial charge in [0.25, 0.3) is 5.91 Å². The second kappa shape index (κ2) is 10.2. The van der Waals surface area contributed by atoms with Crippen LogP contribution in [-0.4, -0.2) is 24.7 Å². The Kier molecular flexibility index (Phi) is 6.75. The van der Waals surface area contributed by atoms with Crippen molar-refractivity contribution in [1.29, 1.82) is 0 Å². The number of hydrogen-bond acceptors (Lipinski definition) is 5. The summed E-state index contributed by atoms with van der Waals surface area (Å²) in [6.45, 7) is 1.80. The number of nitrogens with one attached hydrogen (secondary N) is 1. The number of amides is 1. The number of carbonyl (C=O) groups excluding carboxylic acids is 2. The van der Waals surface area contributed by atoms with Crippen molar-refractivity contribution < 1.29 is 19.1 Å². The van der Waals surface area contributed by atoms with E-state index in [9.17, 15) is 9.59 Å². The Morgan fingerprint density at radius 1 is 0.879 bits per heavy atom. The lowest BCUT2D eigenvalue weighted by Gasteiger charge is -2.08. The lowest BCUT2D eigenvalue weighted by molar-refractivity contribution is -0.123. The summed E-state index contributed by atoms with van der Waals surface area (Å²) in [6.07, 6.45) is 1.50. The fraction of sp³-hybridized carbons (Fsp3) is 0.0741. The lowest BCUT2D eigenvalue weighted by atomic mass is 10.1. The maximum atomic E-state index is 12.2. The van der Waals surface area contributed by atoms with Gasteiger partial charge in [-0.05, 0) is 60.3 Å². The minimum Gasteiger partial charge on any atom is -0.483 e. The Hall–Kier alpha value is -4.45. The second-order valence-corrected chi connectivity index (χ2v) is 7.38. The summed E-state index contributed by atoms with van der Waals surface area (Å²) in [6, 6.07) is 27.5. The van der Waals surface area contributed by atoms with Crippen LogP contribution in [0.4, 0.5) is 0 Å². The molecule has 1 N–H and O–H groups in total. The molecular formula is C27H22N2O4.